The fourth-order valence-electron chi connectivity index (χ4n) is 3.32. The average Bonchev–Trinajstić information content (AvgIpc) is 3.12. The van der Waals surface area contributed by atoms with E-state index in [2.05, 4.69) is 45.1 Å². The van der Waals surface area contributed by atoms with Gasteiger partial charge in [0.25, 0.3) is 0 Å². The molecule has 1 aliphatic rings. The molecule has 27 heavy (non-hydrogen) atoms. The molecule has 0 saturated carbocycles. The fraction of sp³-hybridized carbons (Fsp3) is 0.333. The summed E-state index contributed by atoms with van der Waals surface area (Å²) in [4.78, 5) is 4.81. The van der Waals surface area contributed by atoms with Gasteiger partial charge in [-0.1, -0.05) is 41.4 Å². The van der Waals surface area contributed by atoms with Gasteiger partial charge >= 0.3 is 0 Å². The van der Waals surface area contributed by atoms with Crippen molar-refractivity contribution in [1.82, 2.24) is 20.0 Å². The third-order valence-electron chi connectivity index (χ3n) is 4.88. The van der Waals surface area contributed by atoms with E-state index in [9.17, 15) is 0 Å². The number of nitrogens with zero attached hydrogens (tertiary/aromatic N) is 4. The number of rotatable bonds is 5. The predicted octanol–water partition coefficient (Wildman–Crippen LogP) is 4.02. The first-order chi connectivity index (χ1) is 13.2. The number of halogens is 1. The van der Waals surface area contributed by atoms with Gasteiger partial charge in [-0.05, 0) is 36.8 Å². The van der Waals surface area contributed by atoms with Crippen molar-refractivity contribution in [3.05, 3.63) is 70.6 Å². The van der Waals surface area contributed by atoms with Crippen LogP contribution in [0.4, 0.5) is 0 Å². The maximum absolute atomic E-state index is 6.08. The lowest BCUT2D eigenvalue weighted by Gasteiger charge is -2.33. The highest BCUT2D eigenvalue weighted by Gasteiger charge is 2.19. The highest BCUT2D eigenvalue weighted by Crippen LogP contribution is 2.19. The number of aromatic nitrogens is 2. The molecular weight excluding hydrogens is 360 g/mol. The monoisotopic (exact) mass is 382 g/mol. The summed E-state index contributed by atoms with van der Waals surface area (Å²) >= 11 is 6.08. The molecule has 1 aromatic heterocycles. The zero-order valence-corrected chi connectivity index (χ0v) is 16.2. The van der Waals surface area contributed by atoms with Crippen LogP contribution in [0, 0.1) is 6.92 Å². The van der Waals surface area contributed by atoms with E-state index in [-0.39, 0.29) is 0 Å². The second kappa shape index (κ2) is 8.21. The van der Waals surface area contributed by atoms with Crippen LogP contribution in [0.5, 0.6) is 0 Å². The molecule has 0 unspecified atom stereocenters. The molecular formula is C21H23ClN4O. The fourth-order valence-corrected chi connectivity index (χ4v) is 3.53. The maximum atomic E-state index is 6.08. The molecule has 6 heteroatoms. The Morgan fingerprint density at radius 1 is 0.926 bits per heavy atom. The zero-order chi connectivity index (χ0) is 18.6. The minimum atomic E-state index is 0.588. The van der Waals surface area contributed by atoms with E-state index in [1.807, 2.05) is 30.3 Å². The first-order valence-corrected chi connectivity index (χ1v) is 9.62. The molecule has 4 rings (SSSR count). The molecule has 2 heterocycles. The lowest BCUT2D eigenvalue weighted by molar-refractivity contribution is 0.114. The van der Waals surface area contributed by atoms with Crippen molar-refractivity contribution in [2.75, 3.05) is 26.2 Å². The van der Waals surface area contributed by atoms with Gasteiger partial charge in [-0.2, -0.15) is 0 Å². The van der Waals surface area contributed by atoms with Gasteiger partial charge in [0, 0.05) is 43.3 Å². The number of hydrogen-bond acceptors (Lipinski definition) is 5. The summed E-state index contributed by atoms with van der Waals surface area (Å²) in [6.45, 7) is 7.72. The zero-order valence-electron chi connectivity index (χ0n) is 15.4. The van der Waals surface area contributed by atoms with Gasteiger partial charge in [-0.25, -0.2) is 0 Å². The summed E-state index contributed by atoms with van der Waals surface area (Å²) in [5.41, 5.74) is 3.44. The Kier molecular flexibility index (Phi) is 5.53. The molecule has 5 nitrogen and oxygen atoms in total. The topological polar surface area (TPSA) is 45.4 Å². The molecule has 3 aromatic rings. The number of benzene rings is 2. The summed E-state index contributed by atoms with van der Waals surface area (Å²) < 4.78 is 5.86. The Morgan fingerprint density at radius 2 is 1.63 bits per heavy atom. The average molecular weight is 383 g/mol. The molecule has 0 aliphatic carbocycles. The highest BCUT2D eigenvalue weighted by molar-refractivity contribution is 6.30. The van der Waals surface area contributed by atoms with Crippen molar-refractivity contribution in [3.8, 4) is 11.5 Å². The van der Waals surface area contributed by atoms with E-state index in [1.54, 1.807) is 0 Å². The van der Waals surface area contributed by atoms with Gasteiger partial charge in [-0.3, -0.25) is 9.80 Å². The van der Waals surface area contributed by atoms with Crippen LogP contribution in [0.1, 0.15) is 17.0 Å². The predicted molar refractivity (Wildman–Crippen MR) is 106 cm³/mol. The van der Waals surface area contributed by atoms with Gasteiger partial charge in [-0.15, -0.1) is 10.2 Å². The van der Waals surface area contributed by atoms with Crippen molar-refractivity contribution in [3.63, 3.8) is 0 Å². The van der Waals surface area contributed by atoms with E-state index < -0.39 is 0 Å². The van der Waals surface area contributed by atoms with Crippen molar-refractivity contribution in [2.45, 2.75) is 20.0 Å². The third-order valence-corrected chi connectivity index (χ3v) is 5.12. The van der Waals surface area contributed by atoms with Crippen molar-refractivity contribution in [2.24, 2.45) is 0 Å². The van der Waals surface area contributed by atoms with Crippen LogP contribution in [0.15, 0.2) is 52.9 Å². The molecule has 0 spiro atoms. The summed E-state index contributed by atoms with van der Waals surface area (Å²) in [6, 6.07) is 16.2. The first kappa shape index (κ1) is 18.2. The molecule has 2 aromatic carbocycles. The van der Waals surface area contributed by atoms with Gasteiger partial charge in [0.2, 0.25) is 11.8 Å². The molecule has 140 valence electrons. The molecule has 0 radical (unpaired) electrons. The second-order valence-corrected chi connectivity index (χ2v) is 7.49. The van der Waals surface area contributed by atoms with Gasteiger partial charge in [0.05, 0.1) is 6.54 Å². The number of hydrogen-bond donors (Lipinski definition) is 0. The van der Waals surface area contributed by atoms with Crippen molar-refractivity contribution in [1.29, 1.82) is 0 Å². The van der Waals surface area contributed by atoms with Crippen LogP contribution in [-0.2, 0) is 13.1 Å². The van der Waals surface area contributed by atoms with Crippen LogP contribution < -0.4 is 0 Å². The summed E-state index contributed by atoms with van der Waals surface area (Å²) in [5, 5.41) is 9.21. The van der Waals surface area contributed by atoms with E-state index in [0.717, 1.165) is 43.3 Å². The third kappa shape index (κ3) is 4.75. The number of piperazine rings is 1. The molecule has 0 atom stereocenters. The minimum absolute atomic E-state index is 0.588. The Labute approximate surface area is 164 Å². The summed E-state index contributed by atoms with van der Waals surface area (Å²) in [7, 11) is 0. The van der Waals surface area contributed by atoms with Crippen LogP contribution >= 0.6 is 11.6 Å². The van der Waals surface area contributed by atoms with E-state index in [0.29, 0.717) is 18.3 Å². The van der Waals surface area contributed by atoms with Gasteiger partial charge < -0.3 is 4.42 Å². The van der Waals surface area contributed by atoms with Crippen LogP contribution in [0.2, 0.25) is 5.02 Å². The first-order valence-electron chi connectivity index (χ1n) is 9.24. The maximum Gasteiger partial charge on any atom is 0.247 e. The Morgan fingerprint density at radius 3 is 2.33 bits per heavy atom. The Bertz CT molecular complexity index is 885. The lowest BCUT2D eigenvalue weighted by atomic mass is 10.1. The highest BCUT2D eigenvalue weighted by atomic mass is 35.5. The molecule has 1 saturated heterocycles. The molecule has 1 aliphatic heterocycles. The standard InChI is InChI=1S/C21H23ClN4O/c1-16-5-7-18(8-6-16)21-24-23-20(27-21)15-26-11-9-25(10-12-26)14-17-3-2-4-19(22)13-17/h2-8,13H,9-12,14-15H2,1H3. The molecule has 0 amide bonds. The van der Waals surface area contributed by atoms with Crippen molar-refractivity contribution < 1.29 is 4.42 Å². The van der Waals surface area contributed by atoms with Crippen LogP contribution in [0.25, 0.3) is 11.5 Å². The minimum Gasteiger partial charge on any atom is -0.419 e. The SMILES string of the molecule is Cc1ccc(-c2nnc(CN3CCN(Cc4cccc(Cl)c4)CC3)o2)cc1. The summed E-state index contributed by atoms with van der Waals surface area (Å²) in [6.07, 6.45) is 0. The number of aryl methyl sites for hydroxylation is 1. The van der Waals surface area contributed by atoms with Gasteiger partial charge in [0.15, 0.2) is 0 Å². The van der Waals surface area contributed by atoms with Crippen LogP contribution in [-0.4, -0.2) is 46.2 Å². The quantitative estimate of drug-likeness (QED) is 0.667. The second-order valence-electron chi connectivity index (χ2n) is 7.05. The smallest absolute Gasteiger partial charge is 0.247 e. The van der Waals surface area contributed by atoms with Crippen molar-refractivity contribution >= 4 is 11.6 Å². The lowest BCUT2D eigenvalue weighted by Crippen LogP contribution is -2.45. The van der Waals surface area contributed by atoms with E-state index >= 15 is 0 Å². The largest absolute Gasteiger partial charge is 0.419 e. The van der Waals surface area contributed by atoms with Gasteiger partial charge in [0.1, 0.15) is 0 Å². The van der Waals surface area contributed by atoms with Crippen LogP contribution in [0.3, 0.4) is 0 Å². The molecule has 1 fully saturated rings. The molecule has 0 N–H and O–H groups in total. The molecule has 0 bridgehead atoms. The normalized spacial score (nSPS) is 15.9. The summed E-state index contributed by atoms with van der Waals surface area (Å²) in [5.74, 6) is 1.26. The Hall–Kier alpha value is -2.21. The Balaban J connectivity index is 1.30. The van der Waals surface area contributed by atoms with E-state index in [4.69, 9.17) is 16.0 Å². The van der Waals surface area contributed by atoms with E-state index in [1.165, 1.54) is 11.1 Å².